The molecule has 0 N–H and O–H groups in total. The lowest BCUT2D eigenvalue weighted by Gasteiger charge is -2.28. The van der Waals surface area contributed by atoms with Crippen LogP contribution in [0.2, 0.25) is 0 Å². The predicted molar refractivity (Wildman–Crippen MR) is 106 cm³/mol. The van der Waals surface area contributed by atoms with Crippen LogP contribution in [0.1, 0.15) is 36.0 Å². The monoisotopic (exact) mass is 342 g/mol. The quantitative estimate of drug-likeness (QED) is 0.569. The molecular formula is C24H24NO. The fourth-order valence-electron chi connectivity index (χ4n) is 3.54. The minimum atomic E-state index is 0.928. The van der Waals surface area contributed by atoms with E-state index in [0.29, 0.717) is 0 Å². The van der Waals surface area contributed by atoms with E-state index in [1.54, 1.807) is 0 Å². The first-order valence-electron chi connectivity index (χ1n) is 9.42. The summed E-state index contributed by atoms with van der Waals surface area (Å²) < 4.78 is 0. The van der Waals surface area contributed by atoms with Gasteiger partial charge in [0.25, 0.3) is 0 Å². The molecule has 1 aliphatic rings. The topological polar surface area (TPSA) is 12.5 Å². The Labute approximate surface area is 156 Å². The Balaban J connectivity index is 1.74. The SMILES string of the molecule is c1ccc([C](c2ccccc2)c2ccccc2ON2CCCCC2)cc1. The van der Waals surface area contributed by atoms with Crippen LogP contribution in [-0.4, -0.2) is 18.2 Å². The highest BCUT2D eigenvalue weighted by Crippen LogP contribution is 2.36. The van der Waals surface area contributed by atoms with Crippen LogP contribution in [0.5, 0.6) is 5.75 Å². The minimum Gasteiger partial charge on any atom is -0.406 e. The van der Waals surface area contributed by atoms with Crippen molar-refractivity contribution in [1.29, 1.82) is 0 Å². The lowest BCUT2D eigenvalue weighted by molar-refractivity contribution is -0.0724. The van der Waals surface area contributed by atoms with Gasteiger partial charge in [0.1, 0.15) is 0 Å². The van der Waals surface area contributed by atoms with Gasteiger partial charge in [0.2, 0.25) is 0 Å². The Hall–Kier alpha value is -2.58. The summed E-state index contributed by atoms with van der Waals surface area (Å²) in [7, 11) is 0. The molecular weight excluding hydrogens is 318 g/mol. The van der Waals surface area contributed by atoms with Crippen molar-refractivity contribution in [3.63, 3.8) is 0 Å². The smallest absolute Gasteiger partial charge is 0.151 e. The molecule has 26 heavy (non-hydrogen) atoms. The van der Waals surface area contributed by atoms with Crippen LogP contribution in [0.4, 0.5) is 0 Å². The molecule has 0 unspecified atom stereocenters. The van der Waals surface area contributed by atoms with Gasteiger partial charge in [-0.15, -0.1) is 5.06 Å². The molecule has 0 bridgehead atoms. The van der Waals surface area contributed by atoms with Crippen molar-refractivity contribution in [3.8, 4) is 5.75 Å². The summed E-state index contributed by atoms with van der Waals surface area (Å²) in [4.78, 5) is 6.32. The van der Waals surface area contributed by atoms with Gasteiger partial charge in [0, 0.05) is 18.7 Å². The molecule has 0 aliphatic carbocycles. The molecule has 1 heterocycles. The van der Waals surface area contributed by atoms with Gasteiger partial charge in [-0.05, 0) is 30.0 Å². The van der Waals surface area contributed by atoms with Gasteiger partial charge in [-0.25, -0.2) is 0 Å². The van der Waals surface area contributed by atoms with Crippen LogP contribution in [0.25, 0.3) is 0 Å². The average molecular weight is 342 g/mol. The molecule has 0 saturated carbocycles. The largest absolute Gasteiger partial charge is 0.406 e. The summed E-state index contributed by atoms with van der Waals surface area (Å²) in [6, 6.07) is 29.5. The third-order valence-electron chi connectivity index (χ3n) is 4.82. The first kappa shape index (κ1) is 16.9. The van der Waals surface area contributed by atoms with Gasteiger partial charge in [0.15, 0.2) is 5.75 Å². The van der Waals surface area contributed by atoms with E-state index in [1.807, 2.05) is 0 Å². The average Bonchev–Trinajstić information content (AvgIpc) is 2.72. The third kappa shape index (κ3) is 3.81. The van der Waals surface area contributed by atoms with Crippen LogP contribution < -0.4 is 4.84 Å². The Kier molecular flexibility index (Phi) is 5.32. The second-order valence-corrected chi connectivity index (χ2v) is 6.68. The molecule has 4 rings (SSSR count). The number of benzene rings is 3. The van der Waals surface area contributed by atoms with Crippen molar-refractivity contribution in [2.75, 3.05) is 13.1 Å². The summed E-state index contributed by atoms with van der Waals surface area (Å²) in [5.41, 5.74) is 3.54. The number of para-hydroxylation sites is 1. The molecule has 0 spiro atoms. The van der Waals surface area contributed by atoms with E-state index in [0.717, 1.165) is 24.4 Å². The van der Waals surface area contributed by atoms with Crippen LogP contribution in [0, 0.1) is 5.92 Å². The molecule has 0 atom stereocenters. The molecule has 131 valence electrons. The summed E-state index contributed by atoms with van der Waals surface area (Å²) in [5, 5.41) is 2.11. The van der Waals surface area contributed by atoms with Crippen LogP contribution >= 0.6 is 0 Å². The number of hydroxylamine groups is 2. The highest BCUT2D eigenvalue weighted by atomic mass is 16.7. The molecule has 2 heteroatoms. The van der Waals surface area contributed by atoms with E-state index in [9.17, 15) is 0 Å². The van der Waals surface area contributed by atoms with Gasteiger partial charge in [-0.1, -0.05) is 85.3 Å². The summed E-state index contributed by atoms with van der Waals surface area (Å²) >= 11 is 0. The Morgan fingerprint density at radius 3 is 1.77 bits per heavy atom. The fraction of sp³-hybridized carbons (Fsp3) is 0.208. The van der Waals surface area contributed by atoms with Crippen molar-refractivity contribution in [2.45, 2.75) is 19.3 Å². The van der Waals surface area contributed by atoms with Crippen molar-refractivity contribution in [1.82, 2.24) is 5.06 Å². The Morgan fingerprint density at radius 2 is 1.15 bits per heavy atom. The highest BCUT2D eigenvalue weighted by Gasteiger charge is 2.23. The minimum absolute atomic E-state index is 0.928. The molecule has 3 aromatic carbocycles. The molecule has 1 saturated heterocycles. The fourth-order valence-corrected chi connectivity index (χ4v) is 3.54. The lowest BCUT2D eigenvalue weighted by atomic mass is 9.85. The standard InChI is InChI=1S/C24H24NO/c1-4-12-20(13-5-1)24(21-14-6-2-7-15-21)22-16-8-9-17-23(22)26-25-18-10-3-11-19-25/h1-2,4-9,12-17H,3,10-11,18-19H2. The number of nitrogens with zero attached hydrogens (tertiary/aromatic N) is 1. The van der Waals surface area contributed by atoms with Gasteiger partial charge in [-0.3, -0.25) is 0 Å². The number of hydrogen-bond acceptors (Lipinski definition) is 2. The molecule has 3 aromatic rings. The normalized spacial score (nSPS) is 15.1. The molecule has 2 nitrogen and oxygen atoms in total. The van der Waals surface area contributed by atoms with E-state index < -0.39 is 0 Å². The molecule has 0 aromatic heterocycles. The molecule has 1 fully saturated rings. The zero-order valence-electron chi connectivity index (χ0n) is 15.0. The van der Waals surface area contributed by atoms with Crippen LogP contribution in [0.15, 0.2) is 84.9 Å². The van der Waals surface area contributed by atoms with E-state index in [4.69, 9.17) is 4.84 Å². The first-order chi connectivity index (χ1) is 12.9. The maximum atomic E-state index is 6.32. The maximum Gasteiger partial charge on any atom is 0.151 e. The second-order valence-electron chi connectivity index (χ2n) is 6.68. The Bertz CT molecular complexity index is 770. The van der Waals surface area contributed by atoms with E-state index in [2.05, 4.69) is 90.0 Å². The molecule has 1 aliphatic heterocycles. The van der Waals surface area contributed by atoms with Crippen LogP contribution in [0.3, 0.4) is 0 Å². The lowest BCUT2D eigenvalue weighted by Crippen LogP contribution is -2.33. The van der Waals surface area contributed by atoms with E-state index >= 15 is 0 Å². The van der Waals surface area contributed by atoms with Gasteiger partial charge >= 0.3 is 0 Å². The zero-order valence-corrected chi connectivity index (χ0v) is 15.0. The zero-order chi connectivity index (χ0) is 17.6. The van der Waals surface area contributed by atoms with Gasteiger partial charge in [-0.2, -0.15) is 0 Å². The third-order valence-corrected chi connectivity index (χ3v) is 4.82. The second kappa shape index (κ2) is 8.20. The number of hydrogen-bond donors (Lipinski definition) is 0. The number of rotatable bonds is 5. The van der Waals surface area contributed by atoms with E-state index in [1.165, 1.54) is 36.3 Å². The van der Waals surface area contributed by atoms with Crippen molar-refractivity contribution < 1.29 is 4.84 Å². The van der Waals surface area contributed by atoms with Gasteiger partial charge < -0.3 is 4.84 Å². The van der Waals surface area contributed by atoms with Crippen molar-refractivity contribution in [2.24, 2.45) is 0 Å². The summed E-state index contributed by atoms with van der Waals surface area (Å²) in [6.45, 7) is 2.00. The predicted octanol–water partition coefficient (Wildman–Crippen LogP) is 5.49. The molecule has 0 amide bonds. The highest BCUT2D eigenvalue weighted by molar-refractivity contribution is 5.61. The summed E-state index contributed by atoms with van der Waals surface area (Å²) in [6.07, 6.45) is 3.71. The first-order valence-corrected chi connectivity index (χ1v) is 9.42. The number of piperidine rings is 1. The van der Waals surface area contributed by atoms with Gasteiger partial charge in [0.05, 0.1) is 5.92 Å². The summed E-state index contributed by atoms with van der Waals surface area (Å²) in [5.74, 6) is 2.14. The van der Waals surface area contributed by atoms with Crippen molar-refractivity contribution >= 4 is 0 Å². The maximum absolute atomic E-state index is 6.32. The van der Waals surface area contributed by atoms with E-state index in [-0.39, 0.29) is 0 Å². The molecule has 1 radical (unpaired) electrons. The Morgan fingerprint density at radius 1 is 0.615 bits per heavy atom. The van der Waals surface area contributed by atoms with Crippen LogP contribution in [-0.2, 0) is 0 Å². The van der Waals surface area contributed by atoms with Crippen molar-refractivity contribution in [3.05, 3.63) is 108 Å².